The Hall–Kier alpha value is -2.11. The van der Waals surface area contributed by atoms with E-state index in [0.717, 1.165) is 25.6 Å². The molecule has 2 amide bonds. The van der Waals surface area contributed by atoms with E-state index in [9.17, 15) is 4.79 Å². The fourth-order valence-corrected chi connectivity index (χ4v) is 3.85. The van der Waals surface area contributed by atoms with Gasteiger partial charge in [0.1, 0.15) is 6.61 Å². The Balaban J connectivity index is 1.65. The van der Waals surface area contributed by atoms with Crippen LogP contribution in [-0.2, 0) is 6.61 Å². The zero-order valence-electron chi connectivity index (χ0n) is 18.0. The minimum absolute atomic E-state index is 0.425. The Kier molecular flexibility index (Phi) is 9.57. The fourth-order valence-electron chi connectivity index (χ4n) is 2.81. The van der Waals surface area contributed by atoms with Crippen molar-refractivity contribution >= 4 is 72.4 Å². The van der Waals surface area contributed by atoms with Crippen LogP contribution in [0.15, 0.2) is 68.6 Å². The molecule has 0 atom stereocenters. The highest BCUT2D eigenvalue weighted by atomic mass is 127. The zero-order valence-corrected chi connectivity index (χ0v) is 23.3. The van der Waals surface area contributed by atoms with E-state index in [4.69, 9.17) is 9.47 Å². The van der Waals surface area contributed by atoms with Gasteiger partial charge in [-0.3, -0.25) is 0 Å². The maximum absolute atomic E-state index is 12.1. The maximum atomic E-state index is 12.1. The lowest BCUT2D eigenvalue weighted by molar-refractivity contribution is 0.252. The van der Waals surface area contributed by atoms with Gasteiger partial charge >= 0.3 is 6.03 Å². The molecule has 0 radical (unpaired) electrons. The Morgan fingerprint density at radius 2 is 1.76 bits per heavy atom. The molecule has 0 saturated heterocycles. The molecule has 9 heteroatoms. The van der Waals surface area contributed by atoms with Crippen LogP contribution in [0.2, 0.25) is 0 Å². The van der Waals surface area contributed by atoms with Crippen LogP contribution >= 0.6 is 54.5 Å². The fraction of sp³-hybridized carbons (Fsp3) is 0.167. The molecular formula is C24H22Br2IN3O3. The summed E-state index contributed by atoms with van der Waals surface area (Å²) in [5, 5.41) is 6.79. The lowest BCUT2D eigenvalue weighted by atomic mass is 10.2. The summed E-state index contributed by atoms with van der Waals surface area (Å²) in [6.07, 6.45) is 1.54. The van der Waals surface area contributed by atoms with E-state index in [2.05, 4.69) is 70.3 Å². The first-order valence-corrected chi connectivity index (χ1v) is 12.7. The molecule has 0 aliphatic carbocycles. The second-order valence-corrected chi connectivity index (χ2v) is 9.91. The summed E-state index contributed by atoms with van der Waals surface area (Å²) in [5.74, 6) is 1.22. The first kappa shape index (κ1) is 25.5. The van der Waals surface area contributed by atoms with Gasteiger partial charge in [-0.1, -0.05) is 28.1 Å². The molecule has 172 valence electrons. The van der Waals surface area contributed by atoms with Crippen molar-refractivity contribution in [1.82, 2.24) is 5.43 Å². The van der Waals surface area contributed by atoms with E-state index in [1.807, 2.05) is 62.4 Å². The average Bonchev–Trinajstić information content (AvgIpc) is 2.78. The van der Waals surface area contributed by atoms with Crippen LogP contribution in [0.25, 0.3) is 0 Å². The second-order valence-electron chi connectivity index (χ2n) is 6.96. The monoisotopic (exact) mass is 685 g/mol. The number of rotatable bonds is 8. The predicted octanol–water partition coefficient (Wildman–Crippen LogP) is 7.26. The molecule has 0 bridgehead atoms. The van der Waals surface area contributed by atoms with Crippen LogP contribution in [0, 0.1) is 10.5 Å². The first-order chi connectivity index (χ1) is 15.9. The summed E-state index contributed by atoms with van der Waals surface area (Å²) in [5.41, 5.74) is 5.97. The van der Waals surface area contributed by atoms with Crippen LogP contribution in [0.5, 0.6) is 11.5 Å². The second kappa shape index (κ2) is 12.4. The molecule has 0 aliphatic heterocycles. The van der Waals surface area contributed by atoms with Gasteiger partial charge in [0.2, 0.25) is 0 Å². The first-order valence-electron chi connectivity index (χ1n) is 10.1. The van der Waals surface area contributed by atoms with Crippen molar-refractivity contribution in [3.63, 3.8) is 0 Å². The number of hydrogen-bond donors (Lipinski definition) is 2. The molecule has 6 nitrogen and oxygen atoms in total. The summed E-state index contributed by atoms with van der Waals surface area (Å²) in [6.45, 7) is 4.78. The van der Waals surface area contributed by atoms with Crippen molar-refractivity contribution in [2.75, 3.05) is 11.9 Å². The van der Waals surface area contributed by atoms with E-state index >= 15 is 0 Å². The molecule has 0 fully saturated rings. The molecule has 33 heavy (non-hydrogen) atoms. The molecule has 3 aromatic carbocycles. The summed E-state index contributed by atoms with van der Waals surface area (Å²) in [7, 11) is 0. The topological polar surface area (TPSA) is 72.0 Å². The molecule has 0 saturated carbocycles. The summed E-state index contributed by atoms with van der Waals surface area (Å²) >= 11 is 9.26. The number of hydrogen-bond acceptors (Lipinski definition) is 4. The van der Waals surface area contributed by atoms with Crippen LogP contribution < -0.4 is 20.2 Å². The highest BCUT2D eigenvalue weighted by molar-refractivity contribution is 14.1. The number of benzene rings is 3. The molecule has 0 aliphatic rings. The van der Waals surface area contributed by atoms with Gasteiger partial charge in [0.15, 0.2) is 11.5 Å². The minimum Gasteiger partial charge on any atom is -0.490 e. The van der Waals surface area contributed by atoms with Crippen molar-refractivity contribution in [2.45, 2.75) is 20.5 Å². The number of carbonyl (C=O) groups is 1. The molecule has 0 heterocycles. The van der Waals surface area contributed by atoms with Crippen molar-refractivity contribution < 1.29 is 14.3 Å². The van der Waals surface area contributed by atoms with E-state index in [-0.39, 0.29) is 0 Å². The average molecular weight is 687 g/mol. The third-order valence-electron chi connectivity index (χ3n) is 4.46. The number of aryl methyl sites for hydroxylation is 1. The summed E-state index contributed by atoms with van der Waals surface area (Å²) < 4.78 is 14.7. The lowest BCUT2D eigenvalue weighted by Crippen LogP contribution is -2.24. The number of urea groups is 1. The molecule has 3 rings (SSSR count). The van der Waals surface area contributed by atoms with E-state index in [1.54, 1.807) is 12.3 Å². The molecule has 2 N–H and O–H groups in total. The van der Waals surface area contributed by atoms with Gasteiger partial charge in [0.05, 0.1) is 12.8 Å². The number of anilines is 1. The number of nitrogens with zero attached hydrogens (tertiary/aromatic N) is 1. The van der Waals surface area contributed by atoms with E-state index in [0.29, 0.717) is 30.4 Å². The predicted molar refractivity (Wildman–Crippen MR) is 147 cm³/mol. The molecule has 3 aromatic rings. The van der Waals surface area contributed by atoms with Crippen LogP contribution in [0.4, 0.5) is 10.5 Å². The number of hydrazone groups is 1. The number of nitrogens with one attached hydrogen (secondary N) is 2. The largest absolute Gasteiger partial charge is 0.490 e. The van der Waals surface area contributed by atoms with Crippen LogP contribution in [0.3, 0.4) is 0 Å². The molecule has 0 spiro atoms. The smallest absolute Gasteiger partial charge is 0.339 e. The number of amides is 2. The van der Waals surface area contributed by atoms with Crippen LogP contribution in [-0.4, -0.2) is 18.9 Å². The van der Waals surface area contributed by atoms with Gasteiger partial charge in [-0.2, -0.15) is 5.10 Å². The Morgan fingerprint density at radius 1 is 1.03 bits per heavy atom. The highest BCUT2D eigenvalue weighted by Crippen LogP contribution is 2.34. The number of halogens is 3. The van der Waals surface area contributed by atoms with Crippen molar-refractivity contribution in [3.8, 4) is 11.5 Å². The zero-order chi connectivity index (χ0) is 23.8. The maximum Gasteiger partial charge on any atom is 0.339 e. The normalized spacial score (nSPS) is 10.8. The molecule has 0 unspecified atom stereocenters. The van der Waals surface area contributed by atoms with Gasteiger partial charge in [-0.05, 0) is 106 Å². The Bertz CT molecular complexity index is 1150. The van der Waals surface area contributed by atoms with Gasteiger partial charge in [0.25, 0.3) is 0 Å². The Morgan fingerprint density at radius 3 is 2.45 bits per heavy atom. The number of carbonyl (C=O) groups excluding carboxylic acids is 1. The molecular weight excluding hydrogens is 665 g/mol. The van der Waals surface area contributed by atoms with E-state index in [1.165, 1.54) is 3.57 Å². The quantitative estimate of drug-likeness (QED) is 0.149. The minimum atomic E-state index is -0.438. The van der Waals surface area contributed by atoms with E-state index < -0.39 is 6.03 Å². The lowest BCUT2D eigenvalue weighted by Gasteiger charge is -2.14. The third kappa shape index (κ3) is 7.72. The van der Waals surface area contributed by atoms with Crippen LogP contribution in [0.1, 0.15) is 23.6 Å². The van der Waals surface area contributed by atoms with Gasteiger partial charge in [-0.25, -0.2) is 10.2 Å². The third-order valence-corrected chi connectivity index (χ3v) is 6.75. The van der Waals surface area contributed by atoms with Crippen molar-refractivity contribution in [1.29, 1.82) is 0 Å². The highest BCUT2D eigenvalue weighted by Gasteiger charge is 2.11. The van der Waals surface area contributed by atoms with Gasteiger partial charge in [0, 0.05) is 23.8 Å². The summed E-state index contributed by atoms with van der Waals surface area (Å²) in [4.78, 5) is 12.1. The number of ether oxygens (including phenoxy) is 2. The van der Waals surface area contributed by atoms with Crippen molar-refractivity contribution in [2.24, 2.45) is 5.10 Å². The SMILES string of the molecule is CCOc1cc(/C=N/NC(=O)Nc2ccc(Br)c(C)c2)c(Br)cc1OCc1ccc(I)cc1. The Labute approximate surface area is 223 Å². The van der Waals surface area contributed by atoms with Gasteiger partial charge in [-0.15, -0.1) is 0 Å². The summed E-state index contributed by atoms with van der Waals surface area (Å²) in [6, 6.07) is 16.9. The van der Waals surface area contributed by atoms with Gasteiger partial charge < -0.3 is 14.8 Å². The molecule has 0 aromatic heterocycles. The van der Waals surface area contributed by atoms with Crippen molar-refractivity contribution in [3.05, 3.63) is 83.8 Å². The standard InChI is InChI=1S/C24H22Br2IN3O3/c1-3-32-22-11-17(13-28-30-24(31)29-19-8-9-20(25)15(2)10-19)21(26)12-23(22)33-14-16-4-6-18(27)7-5-16/h4-13H,3,14H2,1-2H3,(H2,29,30,31)/b28-13+.